The van der Waals surface area contributed by atoms with Crippen molar-refractivity contribution < 1.29 is 0 Å². The molecule has 74 valence electrons. The number of aromatic amines is 1. The van der Waals surface area contributed by atoms with Gasteiger partial charge in [-0.3, -0.25) is 5.10 Å². The molecular formula is C10H19N3. The molecule has 0 saturated carbocycles. The van der Waals surface area contributed by atoms with Crippen molar-refractivity contribution >= 4 is 0 Å². The smallest absolute Gasteiger partial charge is 0.0856 e. The average molecular weight is 181 g/mol. The molecule has 1 N–H and O–H groups in total. The Hall–Kier alpha value is -0.860. The highest BCUT2D eigenvalue weighted by atomic mass is 15.3. The second-order valence-corrected chi connectivity index (χ2v) is 3.94. The Bertz CT molecular complexity index is 240. The van der Waals surface area contributed by atoms with Crippen molar-refractivity contribution in [1.82, 2.24) is 15.4 Å². The summed E-state index contributed by atoms with van der Waals surface area (Å²) in [6.45, 7) is 6.62. The molecule has 0 amide bonds. The zero-order valence-electron chi connectivity index (χ0n) is 8.80. The Morgan fingerprint density at radius 2 is 2.15 bits per heavy atom. The number of hydrogen-bond donors (Lipinski definition) is 1. The van der Waals surface area contributed by atoms with Gasteiger partial charge in [0.1, 0.15) is 0 Å². The maximum Gasteiger partial charge on any atom is 0.0856 e. The summed E-state index contributed by atoms with van der Waals surface area (Å²) < 4.78 is 0. The normalized spacial score (nSPS) is 11.1. The van der Waals surface area contributed by atoms with Crippen LogP contribution < -0.4 is 0 Å². The van der Waals surface area contributed by atoms with E-state index in [9.17, 15) is 0 Å². The van der Waals surface area contributed by atoms with Crippen LogP contribution in [0.1, 0.15) is 45.0 Å². The summed E-state index contributed by atoms with van der Waals surface area (Å²) in [6, 6.07) is 0. The molecule has 0 aliphatic rings. The fourth-order valence-electron chi connectivity index (χ4n) is 1.39. The Balaban J connectivity index is 2.55. The molecule has 0 unspecified atom stereocenters. The first-order valence-electron chi connectivity index (χ1n) is 5.12. The van der Waals surface area contributed by atoms with Gasteiger partial charge in [-0.05, 0) is 25.2 Å². The molecule has 0 aromatic carbocycles. The van der Waals surface area contributed by atoms with Gasteiger partial charge in [-0.1, -0.05) is 32.4 Å². The first-order chi connectivity index (χ1) is 6.24. The predicted octanol–water partition coefficient (Wildman–Crippen LogP) is 2.35. The first kappa shape index (κ1) is 10.2. The summed E-state index contributed by atoms with van der Waals surface area (Å²) in [5.41, 5.74) is 2.39. The maximum atomic E-state index is 4.10. The van der Waals surface area contributed by atoms with Gasteiger partial charge in [0.2, 0.25) is 0 Å². The average Bonchev–Trinajstić information content (AvgIpc) is 2.48. The van der Waals surface area contributed by atoms with Crippen LogP contribution >= 0.6 is 0 Å². The van der Waals surface area contributed by atoms with E-state index >= 15 is 0 Å². The number of aryl methyl sites for hydroxylation is 1. The molecule has 0 radical (unpaired) electrons. The second kappa shape index (κ2) is 5.00. The number of aromatic nitrogens is 3. The summed E-state index contributed by atoms with van der Waals surface area (Å²) in [5.74, 6) is 0.669. The monoisotopic (exact) mass is 181 g/mol. The van der Waals surface area contributed by atoms with E-state index in [-0.39, 0.29) is 0 Å². The lowest BCUT2D eigenvalue weighted by Gasteiger charge is -2.03. The van der Waals surface area contributed by atoms with E-state index in [1.54, 1.807) is 0 Å². The van der Waals surface area contributed by atoms with Gasteiger partial charge in [0.25, 0.3) is 0 Å². The number of nitrogens with zero attached hydrogens (tertiary/aromatic N) is 2. The predicted molar refractivity (Wildman–Crippen MR) is 53.5 cm³/mol. The first-order valence-corrected chi connectivity index (χ1v) is 5.12. The highest BCUT2D eigenvalue weighted by Crippen LogP contribution is 2.10. The topological polar surface area (TPSA) is 41.6 Å². The fourth-order valence-corrected chi connectivity index (χ4v) is 1.39. The van der Waals surface area contributed by atoms with E-state index in [2.05, 4.69) is 36.2 Å². The third-order valence-corrected chi connectivity index (χ3v) is 2.08. The second-order valence-electron chi connectivity index (χ2n) is 3.94. The van der Waals surface area contributed by atoms with Gasteiger partial charge < -0.3 is 0 Å². The van der Waals surface area contributed by atoms with Crippen molar-refractivity contribution in [2.45, 2.75) is 46.5 Å². The Morgan fingerprint density at radius 1 is 1.38 bits per heavy atom. The highest BCUT2D eigenvalue weighted by Gasteiger charge is 2.07. The number of nitrogens with one attached hydrogen (secondary N) is 1. The fraction of sp³-hybridized carbons (Fsp3) is 0.800. The van der Waals surface area contributed by atoms with Crippen molar-refractivity contribution in [2.75, 3.05) is 0 Å². The standard InChI is InChI=1S/C10H19N3/c1-4-5-6-9-10(7-8(2)3)12-13-11-9/h8H,4-7H2,1-3H3,(H,11,12,13). The van der Waals surface area contributed by atoms with Gasteiger partial charge in [0.15, 0.2) is 0 Å². The minimum atomic E-state index is 0.669. The molecule has 13 heavy (non-hydrogen) atoms. The zero-order chi connectivity index (χ0) is 9.68. The third kappa shape index (κ3) is 3.17. The number of H-pyrrole nitrogens is 1. The molecule has 0 bridgehead atoms. The SMILES string of the molecule is CCCCc1nn[nH]c1CC(C)C. The van der Waals surface area contributed by atoms with Crippen molar-refractivity contribution in [3.63, 3.8) is 0 Å². The quantitative estimate of drug-likeness (QED) is 0.757. The van der Waals surface area contributed by atoms with Gasteiger partial charge in [-0.25, -0.2) is 0 Å². The van der Waals surface area contributed by atoms with Crippen LogP contribution in [-0.2, 0) is 12.8 Å². The van der Waals surface area contributed by atoms with Gasteiger partial charge >= 0.3 is 0 Å². The van der Waals surface area contributed by atoms with E-state index < -0.39 is 0 Å². The van der Waals surface area contributed by atoms with Crippen molar-refractivity contribution in [2.24, 2.45) is 5.92 Å². The minimum absolute atomic E-state index is 0.669. The van der Waals surface area contributed by atoms with Gasteiger partial charge in [0.05, 0.1) is 11.4 Å². The molecule has 0 aliphatic heterocycles. The molecular weight excluding hydrogens is 162 g/mol. The molecule has 1 aromatic rings. The van der Waals surface area contributed by atoms with E-state index in [0.29, 0.717) is 5.92 Å². The summed E-state index contributed by atoms with van der Waals surface area (Å²) in [4.78, 5) is 0. The molecule has 3 heteroatoms. The van der Waals surface area contributed by atoms with Crippen LogP contribution in [0, 0.1) is 5.92 Å². The molecule has 0 saturated heterocycles. The van der Waals surface area contributed by atoms with E-state index in [1.165, 1.54) is 18.5 Å². The van der Waals surface area contributed by atoms with Crippen LogP contribution in [0.2, 0.25) is 0 Å². The molecule has 0 aliphatic carbocycles. The Morgan fingerprint density at radius 3 is 2.77 bits per heavy atom. The third-order valence-electron chi connectivity index (χ3n) is 2.08. The maximum absolute atomic E-state index is 4.10. The molecule has 1 rings (SSSR count). The summed E-state index contributed by atoms with van der Waals surface area (Å²) >= 11 is 0. The van der Waals surface area contributed by atoms with Crippen LogP contribution in [0.15, 0.2) is 0 Å². The number of rotatable bonds is 5. The lowest BCUT2D eigenvalue weighted by molar-refractivity contribution is 0.627. The summed E-state index contributed by atoms with van der Waals surface area (Å²) in [7, 11) is 0. The van der Waals surface area contributed by atoms with Crippen molar-refractivity contribution in [1.29, 1.82) is 0 Å². The largest absolute Gasteiger partial charge is 0.262 e. The Labute approximate surface area is 79.9 Å². The Kier molecular flexibility index (Phi) is 3.93. The molecule has 1 aromatic heterocycles. The van der Waals surface area contributed by atoms with Gasteiger partial charge in [-0.15, -0.1) is 5.10 Å². The van der Waals surface area contributed by atoms with Crippen LogP contribution in [0.25, 0.3) is 0 Å². The number of hydrogen-bond acceptors (Lipinski definition) is 2. The summed E-state index contributed by atoms with van der Waals surface area (Å²) in [6.07, 6.45) is 4.55. The van der Waals surface area contributed by atoms with Crippen LogP contribution in [0.3, 0.4) is 0 Å². The highest BCUT2D eigenvalue weighted by molar-refractivity contribution is 5.08. The van der Waals surface area contributed by atoms with Crippen LogP contribution in [0.4, 0.5) is 0 Å². The molecule has 1 heterocycles. The molecule has 0 fully saturated rings. The van der Waals surface area contributed by atoms with Gasteiger partial charge in [-0.2, -0.15) is 0 Å². The van der Waals surface area contributed by atoms with E-state index in [4.69, 9.17) is 0 Å². The van der Waals surface area contributed by atoms with Crippen molar-refractivity contribution in [3.8, 4) is 0 Å². The van der Waals surface area contributed by atoms with Crippen LogP contribution in [0.5, 0.6) is 0 Å². The summed E-state index contributed by atoms with van der Waals surface area (Å²) in [5, 5.41) is 10.9. The zero-order valence-corrected chi connectivity index (χ0v) is 8.80. The van der Waals surface area contributed by atoms with Gasteiger partial charge in [0, 0.05) is 0 Å². The molecule has 3 nitrogen and oxygen atoms in total. The lowest BCUT2D eigenvalue weighted by Crippen LogP contribution is -1.99. The van der Waals surface area contributed by atoms with E-state index in [0.717, 1.165) is 18.5 Å². The molecule has 0 atom stereocenters. The van der Waals surface area contributed by atoms with E-state index in [1.807, 2.05) is 0 Å². The van der Waals surface area contributed by atoms with Crippen LogP contribution in [-0.4, -0.2) is 15.4 Å². The van der Waals surface area contributed by atoms with Crippen molar-refractivity contribution in [3.05, 3.63) is 11.4 Å². The lowest BCUT2D eigenvalue weighted by atomic mass is 10.0. The number of unbranched alkanes of at least 4 members (excludes halogenated alkanes) is 1. The molecule has 0 spiro atoms. The minimum Gasteiger partial charge on any atom is -0.262 e.